The van der Waals surface area contributed by atoms with Crippen LogP contribution in [0.1, 0.15) is 12.0 Å². The Morgan fingerprint density at radius 1 is 1.34 bits per heavy atom. The van der Waals surface area contributed by atoms with E-state index < -0.39 is 65.8 Å². The maximum atomic E-state index is 14.0. The molecule has 3 N–H and O–H groups in total. The number of Topliss-reactive ketones (excluding diaryl/α,β-unsaturated/α-hetero) is 1. The monoisotopic (exact) mass is 418 g/mol. The second-order valence-corrected chi connectivity index (χ2v) is 6.52. The van der Waals surface area contributed by atoms with Gasteiger partial charge in [0.25, 0.3) is 0 Å². The van der Waals surface area contributed by atoms with Crippen molar-refractivity contribution in [1.82, 2.24) is 10.6 Å². The minimum absolute atomic E-state index is 0.0856. The summed E-state index contributed by atoms with van der Waals surface area (Å²) in [4.78, 5) is 35.7. The van der Waals surface area contributed by atoms with Crippen LogP contribution in [0, 0.1) is 30.3 Å². The number of aryl methyl sites for hydroxylation is 1. The van der Waals surface area contributed by atoms with Gasteiger partial charge < -0.3 is 25.2 Å². The van der Waals surface area contributed by atoms with E-state index in [-0.39, 0.29) is 18.7 Å². The lowest BCUT2D eigenvalue weighted by Crippen LogP contribution is -2.48. The quantitative estimate of drug-likeness (QED) is 0.529. The van der Waals surface area contributed by atoms with Crippen LogP contribution < -0.4 is 15.4 Å². The van der Waals surface area contributed by atoms with Gasteiger partial charge in [0.15, 0.2) is 23.2 Å². The molecule has 1 fully saturated rings. The number of aliphatic carboxylic acids is 1. The molecule has 0 bridgehead atoms. The van der Waals surface area contributed by atoms with Crippen LogP contribution in [0.15, 0.2) is 6.07 Å². The summed E-state index contributed by atoms with van der Waals surface area (Å²) in [6.07, 6.45) is -0.762. The van der Waals surface area contributed by atoms with Crippen LogP contribution in [0.3, 0.4) is 0 Å². The van der Waals surface area contributed by atoms with Crippen LogP contribution in [-0.2, 0) is 19.1 Å². The highest BCUT2D eigenvalue weighted by molar-refractivity contribution is 5.93. The minimum atomic E-state index is -1.61. The number of ketones is 1. The predicted octanol–water partition coefficient (Wildman–Crippen LogP) is 0.556. The first-order valence-corrected chi connectivity index (χ1v) is 8.81. The Hall–Kier alpha value is -2.66. The number of amides is 1. The highest BCUT2D eigenvalue weighted by Gasteiger charge is 2.29. The molecule has 2 atom stereocenters. The summed E-state index contributed by atoms with van der Waals surface area (Å²) in [6.45, 7) is 1.52. The van der Waals surface area contributed by atoms with Crippen molar-refractivity contribution in [2.24, 2.45) is 5.92 Å². The highest BCUT2D eigenvalue weighted by Crippen LogP contribution is 2.26. The van der Waals surface area contributed by atoms with E-state index in [4.69, 9.17) is 14.6 Å². The van der Waals surface area contributed by atoms with E-state index in [9.17, 15) is 27.6 Å². The summed E-state index contributed by atoms with van der Waals surface area (Å²) in [5.74, 6) is -8.82. The molecule has 0 aromatic heterocycles. The average molecular weight is 418 g/mol. The van der Waals surface area contributed by atoms with E-state index in [2.05, 4.69) is 10.6 Å². The molecule has 29 heavy (non-hydrogen) atoms. The normalized spacial score (nSPS) is 17.9. The van der Waals surface area contributed by atoms with Crippen LogP contribution in [0.5, 0.6) is 5.75 Å². The molecule has 0 saturated carbocycles. The number of ether oxygens (including phenoxy) is 2. The van der Waals surface area contributed by atoms with E-state index in [1.54, 1.807) is 0 Å². The molecule has 1 aliphatic rings. The number of hydrogen-bond donors (Lipinski definition) is 3. The smallest absolute Gasteiger partial charge is 0.305 e. The van der Waals surface area contributed by atoms with Crippen molar-refractivity contribution in [2.45, 2.75) is 19.4 Å². The average Bonchev–Trinajstić information content (AvgIpc) is 2.95. The molecule has 2 rings (SSSR count). The molecule has 8 nitrogen and oxygen atoms in total. The van der Waals surface area contributed by atoms with Crippen molar-refractivity contribution in [3.05, 3.63) is 29.1 Å². The van der Waals surface area contributed by atoms with Gasteiger partial charge in [0.05, 0.1) is 25.6 Å². The van der Waals surface area contributed by atoms with Crippen molar-refractivity contribution in [3.8, 4) is 5.75 Å². The maximum absolute atomic E-state index is 14.0. The zero-order chi connectivity index (χ0) is 21.6. The Kier molecular flexibility index (Phi) is 7.97. The van der Waals surface area contributed by atoms with Gasteiger partial charge in [0.2, 0.25) is 11.7 Å². The van der Waals surface area contributed by atoms with Gasteiger partial charge in [-0.05, 0) is 18.6 Å². The Morgan fingerprint density at radius 3 is 2.76 bits per heavy atom. The second-order valence-electron chi connectivity index (χ2n) is 6.52. The molecule has 1 aromatic carbocycles. The van der Waals surface area contributed by atoms with Gasteiger partial charge in [-0.1, -0.05) is 0 Å². The SMILES string of the molecule is Cc1cc(F)c(F)c(OCC(=O)[C@H](CC(=O)O)NC(=O)[C@@H]2CNCCOC2)c1F. The first-order chi connectivity index (χ1) is 13.7. The molecular formula is C18H21F3N2O6. The lowest BCUT2D eigenvalue weighted by Gasteiger charge is -2.20. The summed E-state index contributed by atoms with van der Waals surface area (Å²) in [7, 11) is 0. The molecule has 1 aliphatic heterocycles. The van der Waals surface area contributed by atoms with E-state index in [1.165, 1.54) is 6.92 Å². The first kappa shape index (κ1) is 22.6. The number of halogens is 3. The Labute approximate surface area is 164 Å². The number of carbonyl (C=O) groups excluding carboxylic acids is 2. The van der Waals surface area contributed by atoms with Crippen LogP contribution in [0.4, 0.5) is 13.2 Å². The van der Waals surface area contributed by atoms with Crippen LogP contribution >= 0.6 is 0 Å². The van der Waals surface area contributed by atoms with Gasteiger partial charge in [-0.3, -0.25) is 14.4 Å². The van der Waals surface area contributed by atoms with Gasteiger partial charge in [-0.15, -0.1) is 0 Å². The van der Waals surface area contributed by atoms with Gasteiger partial charge in [0, 0.05) is 13.1 Å². The molecule has 0 radical (unpaired) electrons. The summed E-state index contributed by atoms with van der Waals surface area (Å²) < 4.78 is 51.2. The third-order valence-corrected chi connectivity index (χ3v) is 4.24. The maximum Gasteiger partial charge on any atom is 0.305 e. The lowest BCUT2D eigenvalue weighted by molar-refractivity contribution is -0.141. The second kappa shape index (κ2) is 10.2. The molecule has 1 aromatic rings. The van der Waals surface area contributed by atoms with Crippen molar-refractivity contribution in [2.75, 3.05) is 32.9 Å². The molecule has 1 saturated heterocycles. The Balaban J connectivity index is 2.07. The number of carbonyl (C=O) groups is 3. The van der Waals surface area contributed by atoms with E-state index in [0.717, 1.165) is 0 Å². The predicted molar refractivity (Wildman–Crippen MR) is 92.9 cm³/mol. The summed E-state index contributed by atoms with van der Waals surface area (Å²) in [6, 6.07) is -0.862. The zero-order valence-corrected chi connectivity index (χ0v) is 15.6. The molecule has 1 amide bonds. The first-order valence-electron chi connectivity index (χ1n) is 8.81. The van der Waals surface area contributed by atoms with Crippen molar-refractivity contribution in [3.63, 3.8) is 0 Å². The number of carboxylic acid groups (broad SMARTS) is 1. The van der Waals surface area contributed by atoms with Gasteiger partial charge >= 0.3 is 5.97 Å². The van der Waals surface area contributed by atoms with Gasteiger partial charge in [0.1, 0.15) is 12.6 Å². The standard InChI is InChI=1S/C18H21F3N2O6/c1-9-4-11(19)16(21)17(15(9)20)29-8-13(24)12(5-14(25)26)23-18(27)10-6-22-2-3-28-7-10/h4,10,12,22H,2-3,5-8H2,1H3,(H,23,27)(H,25,26)/t10-,12+/m1/s1. The number of benzene rings is 1. The van der Waals surface area contributed by atoms with Crippen LogP contribution in [0.25, 0.3) is 0 Å². The largest absolute Gasteiger partial charge is 0.481 e. The Morgan fingerprint density at radius 2 is 2.07 bits per heavy atom. The molecule has 160 valence electrons. The third-order valence-electron chi connectivity index (χ3n) is 4.24. The molecule has 11 heteroatoms. The topological polar surface area (TPSA) is 114 Å². The van der Waals surface area contributed by atoms with E-state index in [1.807, 2.05) is 0 Å². The molecule has 0 unspecified atom stereocenters. The molecular weight excluding hydrogens is 397 g/mol. The minimum Gasteiger partial charge on any atom is -0.481 e. The number of carboxylic acids is 1. The fraction of sp³-hybridized carbons (Fsp3) is 0.500. The number of hydrogen-bond acceptors (Lipinski definition) is 6. The summed E-state index contributed by atoms with van der Waals surface area (Å²) >= 11 is 0. The zero-order valence-electron chi connectivity index (χ0n) is 15.6. The molecule has 0 spiro atoms. The molecule has 0 aliphatic carbocycles. The van der Waals surface area contributed by atoms with Gasteiger partial charge in [-0.2, -0.15) is 4.39 Å². The highest BCUT2D eigenvalue weighted by atomic mass is 19.2. The van der Waals surface area contributed by atoms with E-state index >= 15 is 0 Å². The summed E-state index contributed by atoms with van der Waals surface area (Å²) in [5, 5.41) is 14.3. The Bertz CT molecular complexity index is 755. The number of nitrogens with one attached hydrogen (secondary N) is 2. The third kappa shape index (κ3) is 6.16. The van der Waals surface area contributed by atoms with Crippen LogP contribution in [0.2, 0.25) is 0 Å². The van der Waals surface area contributed by atoms with Crippen molar-refractivity contribution >= 4 is 17.7 Å². The number of rotatable bonds is 8. The summed E-state index contributed by atoms with van der Waals surface area (Å²) in [5.41, 5.74) is -0.234. The van der Waals surface area contributed by atoms with Crippen LogP contribution in [-0.4, -0.2) is 61.7 Å². The lowest BCUT2D eigenvalue weighted by atomic mass is 10.1. The fourth-order valence-electron chi connectivity index (χ4n) is 2.65. The molecule has 1 heterocycles. The van der Waals surface area contributed by atoms with Gasteiger partial charge in [-0.25, -0.2) is 8.78 Å². The van der Waals surface area contributed by atoms with Crippen molar-refractivity contribution < 1.29 is 42.1 Å². The fourth-order valence-corrected chi connectivity index (χ4v) is 2.65. The van der Waals surface area contributed by atoms with E-state index in [0.29, 0.717) is 19.2 Å². The van der Waals surface area contributed by atoms with Crippen molar-refractivity contribution in [1.29, 1.82) is 0 Å².